The molecule has 0 saturated carbocycles. The molecule has 0 N–H and O–H groups in total. The van der Waals surface area contributed by atoms with Crippen molar-refractivity contribution in [3.8, 4) is 5.00 Å². The van der Waals surface area contributed by atoms with Crippen molar-refractivity contribution < 1.29 is 4.79 Å². The second-order valence-corrected chi connectivity index (χ2v) is 11.7. The van der Waals surface area contributed by atoms with E-state index in [1.807, 2.05) is 30.5 Å². The van der Waals surface area contributed by atoms with Gasteiger partial charge in [0, 0.05) is 44.6 Å². The van der Waals surface area contributed by atoms with Gasteiger partial charge in [-0.05, 0) is 51.4 Å². The predicted molar refractivity (Wildman–Crippen MR) is 158 cm³/mol. The van der Waals surface area contributed by atoms with Crippen LogP contribution in [0.2, 0.25) is 0 Å². The average Bonchev–Trinajstić information content (AvgIpc) is 3.45. The second kappa shape index (κ2) is 12.2. The molecule has 40 heavy (non-hydrogen) atoms. The first-order chi connectivity index (χ1) is 19.4. The van der Waals surface area contributed by atoms with Crippen LogP contribution in [0.15, 0.2) is 29.3 Å². The molecule has 3 aromatic rings. The number of aromatic nitrogens is 3. The Morgan fingerprint density at radius 2 is 1.82 bits per heavy atom. The fourth-order valence-corrected chi connectivity index (χ4v) is 6.71. The van der Waals surface area contributed by atoms with Gasteiger partial charge in [-0.25, -0.2) is 11.4 Å². The monoisotopic (exact) mass is 554 g/mol. The van der Waals surface area contributed by atoms with Gasteiger partial charge in [0.2, 0.25) is 6.54 Å². The van der Waals surface area contributed by atoms with Gasteiger partial charge < -0.3 is 14.6 Å². The molecule has 4 heterocycles. The van der Waals surface area contributed by atoms with Crippen LogP contribution in [0.25, 0.3) is 14.7 Å². The van der Waals surface area contributed by atoms with Gasteiger partial charge >= 0.3 is 0 Å². The molecule has 0 unspecified atom stereocenters. The molecule has 2 aliphatic rings. The van der Waals surface area contributed by atoms with Crippen molar-refractivity contribution >= 4 is 28.5 Å². The smallest absolute Gasteiger partial charge is 0.249 e. The lowest BCUT2D eigenvalue weighted by molar-refractivity contribution is -0.119. The molecule has 1 atom stereocenters. The summed E-state index contributed by atoms with van der Waals surface area (Å²) in [4.78, 5) is 31.5. The minimum absolute atomic E-state index is 0.178. The summed E-state index contributed by atoms with van der Waals surface area (Å²) in [6, 6.07) is 6.95. The number of benzene rings is 1. The van der Waals surface area contributed by atoms with E-state index in [0.717, 1.165) is 83.7 Å². The van der Waals surface area contributed by atoms with Gasteiger partial charge in [0.15, 0.2) is 11.5 Å². The standard InChI is InChI=1S/C30H34N8OS/c1-20-26(19-31-3)40-30-27(20)28(22-9-11-23(32-4)12-10-22)33-25(29-35-34-21(2)38(29)30)18-24(39)8-6-7-13-37-16-14-36(5)15-17-37/h9-12,25H,6-8,13-19H2,1-2,5H3/t25-/m1/s1. The lowest BCUT2D eigenvalue weighted by Gasteiger charge is -2.32. The Morgan fingerprint density at radius 1 is 1.07 bits per heavy atom. The first-order valence-electron chi connectivity index (χ1n) is 13.8. The van der Waals surface area contributed by atoms with Gasteiger partial charge in [-0.15, -0.1) is 21.5 Å². The number of hydrogen-bond donors (Lipinski definition) is 0. The highest BCUT2D eigenvalue weighted by atomic mass is 32.1. The van der Waals surface area contributed by atoms with Crippen LogP contribution in [-0.2, 0) is 11.3 Å². The van der Waals surface area contributed by atoms with Crippen molar-refractivity contribution in [3.63, 3.8) is 0 Å². The molecule has 2 aliphatic heterocycles. The summed E-state index contributed by atoms with van der Waals surface area (Å²) in [5.41, 5.74) is 4.17. The molecule has 10 heteroatoms. The SMILES string of the molecule is [C-]#[N+]Cc1sc2c(c1C)C(c1ccc([N+]#[C-])cc1)=N[C@H](CC(=O)CCCCN1CCN(C)CC1)c1nnc(C)n1-2. The fourth-order valence-electron chi connectivity index (χ4n) is 5.42. The van der Waals surface area contributed by atoms with E-state index < -0.39 is 6.04 Å². The molecule has 0 bridgehead atoms. The fraction of sp³-hybridized carbons (Fsp3) is 0.467. The third-order valence-electron chi connectivity index (χ3n) is 7.79. The zero-order valence-corrected chi connectivity index (χ0v) is 24.2. The van der Waals surface area contributed by atoms with Gasteiger partial charge in [-0.3, -0.25) is 14.4 Å². The Hall–Kier alpha value is -3.70. The quantitative estimate of drug-likeness (QED) is 0.269. The van der Waals surface area contributed by atoms with Crippen molar-refractivity contribution in [2.24, 2.45) is 4.99 Å². The number of ketones is 1. The molecule has 0 aliphatic carbocycles. The highest BCUT2D eigenvalue weighted by Gasteiger charge is 2.33. The number of aliphatic imine (C=N–C) groups is 1. The molecule has 0 spiro atoms. The van der Waals surface area contributed by atoms with E-state index in [9.17, 15) is 4.79 Å². The van der Waals surface area contributed by atoms with E-state index >= 15 is 0 Å². The number of piperazine rings is 1. The Balaban J connectivity index is 1.42. The molecule has 1 fully saturated rings. The minimum Gasteiger partial charge on any atom is -0.311 e. The second-order valence-electron chi connectivity index (χ2n) is 10.6. The summed E-state index contributed by atoms with van der Waals surface area (Å²) in [5.74, 6) is 1.57. The predicted octanol–water partition coefficient (Wildman–Crippen LogP) is 5.18. The van der Waals surface area contributed by atoms with Crippen LogP contribution in [0, 0.1) is 27.0 Å². The van der Waals surface area contributed by atoms with Crippen LogP contribution in [0.1, 0.15) is 64.9 Å². The molecule has 1 saturated heterocycles. The molecule has 9 nitrogen and oxygen atoms in total. The Morgan fingerprint density at radius 3 is 2.52 bits per heavy atom. The first kappa shape index (κ1) is 27.9. The maximum Gasteiger partial charge on any atom is 0.249 e. The Kier molecular flexibility index (Phi) is 8.51. The van der Waals surface area contributed by atoms with Gasteiger partial charge in [0.1, 0.15) is 22.7 Å². The molecular weight excluding hydrogens is 520 g/mol. The number of nitrogens with zero attached hydrogens (tertiary/aromatic N) is 8. The number of aryl methyl sites for hydroxylation is 1. The number of likely N-dealkylation sites (N-methyl/N-ethyl adjacent to an activating group) is 1. The van der Waals surface area contributed by atoms with Crippen LogP contribution in [0.4, 0.5) is 5.69 Å². The van der Waals surface area contributed by atoms with Crippen molar-refractivity contribution in [1.29, 1.82) is 0 Å². The number of rotatable bonds is 9. The summed E-state index contributed by atoms with van der Waals surface area (Å²) in [6.07, 6.45) is 2.67. The van der Waals surface area contributed by atoms with Crippen LogP contribution in [0.5, 0.6) is 0 Å². The summed E-state index contributed by atoms with van der Waals surface area (Å²) in [7, 11) is 2.16. The number of fused-ring (bicyclic) bond motifs is 3. The zero-order chi connectivity index (χ0) is 28.2. The minimum atomic E-state index is -0.467. The topological polar surface area (TPSA) is 75.3 Å². The third kappa shape index (κ3) is 5.75. The molecule has 206 valence electrons. The number of hydrogen-bond acceptors (Lipinski definition) is 7. The van der Waals surface area contributed by atoms with Crippen LogP contribution < -0.4 is 0 Å². The molecule has 5 rings (SSSR count). The number of thiophene rings is 1. The Bertz CT molecular complexity index is 1500. The van der Waals surface area contributed by atoms with Crippen LogP contribution in [0.3, 0.4) is 0 Å². The van der Waals surface area contributed by atoms with E-state index in [2.05, 4.69) is 36.7 Å². The maximum absolute atomic E-state index is 13.3. The van der Waals surface area contributed by atoms with E-state index in [1.165, 1.54) is 0 Å². The number of unbranched alkanes of at least 4 members (excludes halogenated alkanes) is 1. The van der Waals surface area contributed by atoms with Crippen molar-refractivity contribution in [2.45, 2.75) is 52.1 Å². The van der Waals surface area contributed by atoms with E-state index in [0.29, 0.717) is 24.5 Å². The highest BCUT2D eigenvalue weighted by Crippen LogP contribution is 2.40. The molecule has 2 aromatic heterocycles. The largest absolute Gasteiger partial charge is 0.311 e. The molecule has 0 amide bonds. The first-order valence-corrected chi connectivity index (χ1v) is 14.6. The van der Waals surface area contributed by atoms with E-state index in [4.69, 9.17) is 18.1 Å². The van der Waals surface area contributed by atoms with Gasteiger partial charge in [0.05, 0.1) is 17.2 Å². The highest BCUT2D eigenvalue weighted by molar-refractivity contribution is 7.15. The van der Waals surface area contributed by atoms with Crippen molar-refractivity contribution in [2.75, 3.05) is 39.8 Å². The third-order valence-corrected chi connectivity index (χ3v) is 9.05. The molecule has 0 radical (unpaired) electrons. The Labute approximate surface area is 239 Å². The average molecular weight is 555 g/mol. The number of carbonyl (C=O) groups is 1. The number of carbonyl (C=O) groups excluding carboxylic acids is 1. The van der Waals surface area contributed by atoms with Gasteiger partial charge in [-0.2, -0.15) is 0 Å². The normalized spacial score (nSPS) is 17.3. The zero-order valence-electron chi connectivity index (χ0n) is 23.4. The van der Waals surface area contributed by atoms with E-state index in [-0.39, 0.29) is 12.2 Å². The molecular formula is C30H34N8OS. The maximum atomic E-state index is 13.3. The summed E-state index contributed by atoms with van der Waals surface area (Å²) >= 11 is 1.57. The van der Waals surface area contributed by atoms with Crippen LogP contribution >= 0.6 is 11.3 Å². The lowest BCUT2D eigenvalue weighted by Crippen LogP contribution is -2.44. The van der Waals surface area contributed by atoms with Gasteiger partial charge in [-0.1, -0.05) is 24.3 Å². The van der Waals surface area contributed by atoms with Crippen LogP contribution in [-0.4, -0.2) is 75.8 Å². The lowest BCUT2D eigenvalue weighted by atomic mass is 9.99. The van der Waals surface area contributed by atoms with E-state index in [1.54, 1.807) is 23.5 Å². The summed E-state index contributed by atoms with van der Waals surface area (Å²) < 4.78 is 2.02. The summed E-state index contributed by atoms with van der Waals surface area (Å²) in [6.45, 7) is 24.5. The summed E-state index contributed by atoms with van der Waals surface area (Å²) in [5, 5.41) is 9.81. The van der Waals surface area contributed by atoms with Gasteiger partial charge in [0.25, 0.3) is 0 Å². The molecule has 1 aromatic carbocycles. The number of Topliss-reactive ketones (excluding diaryl/α,β-unsaturated/α-hetero) is 1. The van der Waals surface area contributed by atoms with Crippen molar-refractivity contribution in [1.82, 2.24) is 24.6 Å². The van der Waals surface area contributed by atoms with Crippen molar-refractivity contribution in [3.05, 3.63) is 80.3 Å².